The Balaban J connectivity index is 1.97. The molecule has 1 aliphatic rings. The lowest BCUT2D eigenvalue weighted by Gasteiger charge is -2.08. The second-order valence-corrected chi connectivity index (χ2v) is 7.04. The van der Waals surface area contributed by atoms with Gasteiger partial charge in [0.2, 0.25) is 0 Å². The molecule has 2 heterocycles. The third-order valence-corrected chi connectivity index (χ3v) is 5.36. The maximum atomic E-state index is 11.3. The number of aromatic nitrogens is 1. The van der Waals surface area contributed by atoms with Crippen molar-refractivity contribution in [2.75, 3.05) is 29.1 Å². The molecule has 0 spiro atoms. The standard InChI is InChI=1S/C9H12N4O2S2/c10-3-7-8(11)13-16-9(7)12-4-6-1-2-17(14,15)5-6/h6,12H,1-2,4-5H2,(H2,11,13). The van der Waals surface area contributed by atoms with Gasteiger partial charge in [0.15, 0.2) is 15.7 Å². The van der Waals surface area contributed by atoms with Gasteiger partial charge in [0, 0.05) is 6.54 Å². The highest BCUT2D eigenvalue weighted by molar-refractivity contribution is 7.91. The van der Waals surface area contributed by atoms with Crippen molar-refractivity contribution in [2.24, 2.45) is 5.92 Å². The van der Waals surface area contributed by atoms with Crippen molar-refractivity contribution < 1.29 is 8.42 Å². The molecule has 0 saturated carbocycles. The molecule has 92 valence electrons. The lowest BCUT2D eigenvalue weighted by Crippen LogP contribution is -2.15. The van der Waals surface area contributed by atoms with Gasteiger partial charge in [0.1, 0.15) is 16.6 Å². The van der Waals surface area contributed by atoms with Gasteiger partial charge in [-0.15, -0.1) is 0 Å². The number of sulfone groups is 1. The van der Waals surface area contributed by atoms with Gasteiger partial charge in [-0.2, -0.15) is 9.64 Å². The van der Waals surface area contributed by atoms with E-state index in [1.54, 1.807) is 0 Å². The Kier molecular flexibility index (Phi) is 3.22. The van der Waals surface area contributed by atoms with Gasteiger partial charge in [0.05, 0.1) is 11.5 Å². The Bertz CT molecular complexity index is 558. The van der Waals surface area contributed by atoms with Gasteiger partial charge in [-0.3, -0.25) is 0 Å². The molecule has 2 rings (SSSR count). The number of nitrogens with one attached hydrogen (secondary N) is 1. The molecule has 1 fully saturated rings. The molecule has 1 saturated heterocycles. The minimum Gasteiger partial charge on any atom is -0.382 e. The molecule has 0 amide bonds. The van der Waals surface area contributed by atoms with Crippen LogP contribution < -0.4 is 11.1 Å². The molecule has 6 nitrogen and oxygen atoms in total. The van der Waals surface area contributed by atoms with Crippen LogP contribution in [-0.4, -0.2) is 30.8 Å². The van der Waals surface area contributed by atoms with Crippen molar-refractivity contribution >= 4 is 32.2 Å². The lowest BCUT2D eigenvalue weighted by molar-refractivity contribution is 0.596. The fourth-order valence-electron chi connectivity index (χ4n) is 1.80. The first-order chi connectivity index (χ1) is 8.02. The van der Waals surface area contributed by atoms with Crippen LogP contribution in [-0.2, 0) is 9.84 Å². The fourth-order valence-corrected chi connectivity index (χ4v) is 4.33. The highest BCUT2D eigenvalue weighted by Gasteiger charge is 2.27. The molecule has 1 atom stereocenters. The molecule has 17 heavy (non-hydrogen) atoms. The van der Waals surface area contributed by atoms with Crippen molar-refractivity contribution in [3.05, 3.63) is 5.56 Å². The highest BCUT2D eigenvalue weighted by Crippen LogP contribution is 2.27. The lowest BCUT2D eigenvalue weighted by atomic mass is 10.1. The molecule has 8 heteroatoms. The summed E-state index contributed by atoms with van der Waals surface area (Å²) in [5.41, 5.74) is 5.86. The number of nitrogen functional groups attached to an aromatic ring is 1. The Morgan fingerprint density at radius 1 is 1.65 bits per heavy atom. The van der Waals surface area contributed by atoms with Crippen LogP contribution in [0.15, 0.2) is 0 Å². The fraction of sp³-hybridized carbons (Fsp3) is 0.556. The number of hydrogen-bond acceptors (Lipinski definition) is 7. The van der Waals surface area contributed by atoms with Crippen LogP contribution in [0.25, 0.3) is 0 Å². The highest BCUT2D eigenvalue weighted by atomic mass is 32.2. The smallest absolute Gasteiger partial charge is 0.157 e. The zero-order valence-electron chi connectivity index (χ0n) is 9.01. The average molecular weight is 272 g/mol. The third kappa shape index (κ3) is 2.68. The Labute approximate surface area is 104 Å². The first-order valence-corrected chi connectivity index (χ1v) is 7.71. The quantitative estimate of drug-likeness (QED) is 0.826. The zero-order chi connectivity index (χ0) is 12.5. The van der Waals surface area contributed by atoms with Gasteiger partial charge < -0.3 is 11.1 Å². The minimum atomic E-state index is -2.85. The number of nitriles is 1. The van der Waals surface area contributed by atoms with Gasteiger partial charge in [0.25, 0.3) is 0 Å². The molecule has 0 aliphatic carbocycles. The topological polar surface area (TPSA) is 109 Å². The van der Waals surface area contributed by atoms with Gasteiger partial charge >= 0.3 is 0 Å². The maximum absolute atomic E-state index is 11.3. The largest absolute Gasteiger partial charge is 0.382 e. The first-order valence-electron chi connectivity index (χ1n) is 5.11. The number of anilines is 2. The van der Waals surface area contributed by atoms with Crippen molar-refractivity contribution in [2.45, 2.75) is 6.42 Å². The molecule has 3 N–H and O–H groups in total. The van der Waals surface area contributed by atoms with E-state index in [2.05, 4.69) is 9.69 Å². The normalized spacial score (nSPS) is 22.2. The Morgan fingerprint density at radius 3 is 3.00 bits per heavy atom. The summed E-state index contributed by atoms with van der Waals surface area (Å²) in [5.74, 6) is 0.805. The van der Waals surface area contributed by atoms with Crippen molar-refractivity contribution in [3.63, 3.8) is 0 Å². The summed E-state index contributed by atoms with van der Waals surface area (Å²) >= 11 is 1.13. The SMILES string of the molecule is N#Cc1c(N)nsc1NCC1CCS(=O)(=O)C1. The molecular weight excluding hydrogens is 260 g/mol. The van der Waals surface area contributed by atoms with E-state index in [4.69, 9.17) is 11.0 Å². The van der Waals surface area contributed by atoms with E-state index >= 15 is 0 Å². The molecule has 1 unspecified atom stereocenters. The predicted molar refractivity (Wildman–Crippen MR) is 66.5 cm³/mol. The van der Waals surface area contributed by atoms with Crippen LogP contribution in [0.1, 0.15) is 12.0 Å². The minimum absolute atomic E-state index is 0.106. The molecular formula is C9H12N4O2S2. The van der Waals surface area contributed by atoms with Crippen LogP contribution in [0.5, 0.6) is 0 Å². The second kappa shape index (κ2) is 4.50. The molecule has 0 aromatic carbocycles. The maximum Gasteiger partial charge on any atom is 0.157 e. The van der Waals surface area contributed by atoms with Gasteiger partial charge in [-0.25, -0.2) is 8.42 Å². The van der Waals surface area contributed by atoms with Crippen LogP contribution in [0.3, 0.4) is 0 Å². The van der Waals surface area contributed by atoms with E-state index in [0.29, 0.717) is 23.5 Å². The van der Waals surface area contributed by atoms with E-state index in [9.17, 15) is 8.42 Å². The summed E-state index contributed by atoms with van der Waals surface area (Å²) < 4.78 is 26.4. The van der Waals surface area contributed by atoms with Crippen LogP contribution in [0.2, 0.25) is 0 Å². The first kappa shape index (κ1) is 12.1. The zero-order valence-corrected chi connectivity index (χ0v) is 10.6. The van der Waals surface area contributed by atoms with Crippen LogP contribution >= 0.6 is 11.5 Å². The summed E-state index contributed by atoms with van der Waals surface area (Å²) in [6, 6.07) is 1.98. The summed E-state index contributed by atoms with van der Waals surface area (Å²) in [5, 5.41) is 12.5. The van der Waals surface area contributed by atoms with E-state index in [0.717, 1.165) is 11.5 Å². The van der Waals surface area contributed by atoms with Crippen LogP contribution in [0.4, 0.5) is 10.8 Å². The molecule has 1 aromatic rings. The van der Waals surface area contributed by atoms with Gasteiger partial charge in [-0.05, 0) is 23.9 Å². The van der Waals surface area contributed by atoms with E-state index in [1.807, 2.05) is 6.07 Å². The average Bonchev–Trinajstić information content (AvgIpc) is 2.79. The van der Waals surface area contributed by atoms with Crippen molar-refractivity contribution in [1.82, 2.24) is 4.37 Å². The summed E-state index contributed by atoms with van der Waals surface area (Å²) in [7, 11) is -2.85. The number of nitrogens with zero attached hydrogens (tertiary/aromatic N) is 2. The summed E-state index contributed by atoms with van der Waals surface area (Å²) in [4.78, 5) is 0. The van der Waals surface area contributed by atoms with Crippen molar-refractivity contribution in [3.8, 4) is 6.07 Å². The molecule has 0 bridgehead atoms. The Morgan fingerprint density at radius 2 is 2.41 bits per heavy atom. The third-order valence-electron chi connectivity index (χ3n) is 2.71. The molecule has 1 aromatic heterocycles. The number of hydrogen-bond donors (Lipinski definition) is 2. The van der Waals surface area contributed by atoms with Crippen LogP contribution in [0, 0.1) is 17.2 Å². The molecule has 1 aliphatic heterocycles. The monoisotopic (exact) mass is 272 g/mol. The van der Waals surface area contributed by atoms with E-state index in [1.165, 1.54) is 0 Å². The van der Waals surface area contributed by atoms with E-state index < -0.39 is 9.84 Å². The van der Waals surface area contributed by atoms with E-state index in [-0.39, 0.29) is 23.2 Å². The molecule has 0 radical (unpaired) electrons. The number of rotatable bonds is 3. The second-order valence-electron chi connectivity index (χ2n) is 4.03. The summed E-state index contributed by atoms with van der Waals surface area (Å²) in [6.07, 6.45) is 0.672. The predicted octanol–water partition coefficient (Wildman–Crippen LogP) is 0.444. The Hall–Kier alpha value is -1.33. The van der Waals surface area contributed by atoms with Crippen molar-refractivity contribution in [1.29, 1.82) is 5.26 Å². The van der Waals surface area contributed by atoms with Gasteiger partial charge in [-0.1, -0.05) is 0 Å². The summed E-state index contributed by atoms with van der Waals surface area (Å²) in [6.45, 7) is 0.537. The number of nitrogens with two attached hydrogens (primary N) is 1.